The normalized spacial score (nSPS) is 18.1. The van der Waals surface area contributed by atoms with Crippen molar-refractivity contribution in [3.63, 3.8) is 0 Å². The highest BCUT2D eigenvalue weighted by Crippen LogP contribution is 2.19. The second kappa shape index (κ2) is 7.09. The van der Waals surface area contributed by atoms with E-state index in [0.717, 1.165) is 56.8 Å². The fourth-order valence-electron chi connectivity index (χ4n) is 3.35. The molecule has 0 radical (unpaired) electrons. The number of rotatable bonds is 4. The maximum absolute atomic E-state index is 4.93. The molecule has 0 saturated carbocycles. The molecule has 1 aromatic rings. The molecule has 2 N–H and O–H groups in total. The van der Waals surface area contributed by atoms with E-state index in [1.165, 1.54) is 22.5 Å². The maximum Gasteiger partial charge on any atom is 0.170 e. The lowest BCUT2D eigenvalue weighted by atomic mass is 10.1. The Morgan fingerprint density at radius 1 is 1.43 bits per heavy atom. The summed E-state index contributed by atoms with van der Waals surface area (Å²) < 4.78 is 2.53. The second-order valence-corrected chi connectivity index (χ2v) is 6.26. The number of likely N-dealkylation sites (N-methyl/N-ethyl adjacent to an activating group) is 1. The van der Waals surface area contributed by atoms with Crippen LogP contribution in [0.5, 0.6) is 0 Å². The molecule has 0 saturated heterocycles. The standard InChI is InChI=1S/C19H27N4/c1-4-15(14(2)20-3)11-17-6-5-16-13-23-10-9-21-12-18(23)7-8-19(16)22-17/h5-6,11,20-21H,2,4,7-10,12-13H2,1,3H3/q+1/b15-11-. The third-order valence-corrected chi connectivity index (χ3v) is 4.83. The zero-order chi connectivity index (χ0) is 16.2. The molecule has 0 unspecified atom stereocenters. The molecule has 0 fully saturated rings. The Kier molecular flexibility index (Phi) is 4.91. The van der Waals surface area contributed by atoms with Crippen LogP contribution in [0.3, 0.4) is 0 Å². The summed E-state index contributed by atoms with van der Waals surface area (Å²) in [6.45, 7) is 10.4. The smallest absolute Gasteiger partial charge is 0.170 e. The van der Waals surface area contributed by atoms with Crippen LogP contribution in [0.15, 0.2) is 30.0 Å². The van der Waals surface area contributed by atoms with Crippen molar-refractivity contribution in [2.24, 2.45) is 0 Å². The molecule has 2 aliphatic rings. The second-order valence-electron chi connectivity index (χ2n) is 6.26. The molecular weight excluding hydrogens is 284 g/mol. The first-order chi connectivity index (χ1) is 11.2. The summed E-state index contributed by atoms with van der Waals surface area (Å²) in [5, 5.41) is 6.61. The van der Waals surface area contributed by atoms with Gasteiger partial charge in [-0.25, -0.2) is 4.58 Å². The van der Waals surface area contributed by atoms with Gasteiger partial charge in [0.1, 0.15) is 0 Å². The van der Waals surface area contributed by atoms with Gasteiger partial charge in [-0.2, -0.15) is 0 Å². The molecule has 0 spiro atoms. The van der Waals surface area contributed by atoms with Gasteiger partial charge >= 0.3 is 0 Å². The van der Waals surface area contributed by atoms with E-state index in [-0.39, 0.29) is 0 Å². The highest BCUT2D eigenvalue weighted by Gasteiger charge is 2.24. The number of hydrogen-bond donors (Lipinski definition) is 2. The summed E-state index contributed by atoms with van der Waals surface area (Å²) in [6, 6.07) is 4.40. The summed E-state index contributed by atoms with van der Waals surface area (Å²) in [4.78, 5) is 4.93. The number of pyridine rings is 1. The molecule has 0 amide bonds. The summed E-state index contributed by atoms with van der Waals surface area (Å²) in [5.41, 5.74) is 7.40. The first-order valence-electron chi connectivity index (χ1n) is 8.58. The van der Waals surface area contributed by atoms with Gasteiger partial charge in [0, 0.05) is 24.7 Å². The Hall–Kier alpha value is -1.94. The number of nitrogens with zero attached hydrogens (tertiary/aromatic N) is 2. The van der Waals surface area contributed by atoms with Crippen LogP contribution < -0.4 is 10.6 Å². The Bertz CT molecular complexity index is 670. The minimum Gasteiger partial charge on any atom is -0.388 e. The van der Waals surface area contributed by atoms with Crippen LogP contribution in [-0.4, -0.2) is 42.0 Å². The number of nitrogens with one attached hydrogen (secondary N) is 2. The number of fused-ring (bicyclic) bond motifs is 1. The van der Waals surface area contributed by atoms with Gasteiger partial charge in [-0.1, -0.05) is 13.5 Å². The molecule has 1 aromatic heterocycles. The van der Waals surface area contributed by atoms with Crippen LogP contribution in [0, 0.1) is 0 Å². The fourth-order valence-corrected chi connectivity index (χ4v) is 3.35. The SMILES string of the molecule is C=C(NC)/C(=C\c1ccc2c(n1)CCC1=[N+](CCNC1)C2)CC. The Balaban J connectivity index is 1.86. The summed E-state index contributed by atoms with van der Waals surface area (Å²) >= 11 is 0. The van der Waals surface area contributed by atoms with Crippen molar-refractivity contribution in [3.05, 3.63) is 46.9 Å². The van der Waals surface area contributed by atoms with Gasteiger partial charge in [-0.3, -0.25) is 4.98 Å². The quantitative estimate of drug-likeness (QED) is 0.661. The van der Waals surface area contributed by atoms with E-state index >= 15 is 0 Å². The van der Waals surface area contributed by atoms with Crippen LogP contribution >= 0.6 is 0 Å². The molecule has 0 atom stereocenters. The fraction of sp³-hybridized carbons (Fsp3) is 0.474. The van der Waals surface area contributed by atoms with E-state index in [9.17, 15) is 0 Å². The van der Waals surface area contributed by atoms with Gasteiger partial charge in [0.05, 0.1) is 24.5 Å². The minimum absolute atomic E-state index is 0.954. The lowest BCUT2D eigenvalue weighted by Gasteiger charge is -2.14. The van der Waals surface area contributed by atoms with E-state index in [2.05, 4.69) is 46.9 Å². The van der Waals surface area contributed by atoms with Crippen molar-refractivity contribution < 1.29 is 4.58 Å². The zero-order valence-corrected chi connectivity index (χ0v) is 14.3. The van der Waals surface area contributed by atoms with Crippen LogP contribution in [0.4, 0.5) is 0 Å². The van der Waals surface area contributed by atoms with Gasteiger partial charge in [0.25, 0.3) is 0 Å². The van der Waals surface area contributed by atoms with Crippen molar-refractivity contribution in [1.29, 1.82) is 0 Å². The highest BCUT2D eigenvalue weighted by atomic mass is 15.1. The predicted molar refractivity (Wildman–Crippen MR) is 95.7 cm³/mol. The molecule has 122 valence electrons. The van der Waals surface area contributed by atoms with Crippen molar-refractivity contribution in [2.45, 2.75) is 32.7 Å². The van der Waals surface area contributed by atoms with Crippen molar-refractivity contribution >= 4 is 11.8 Å². The van der Waals surface area contributed by atoms with Crippen molar-refractivity contribution in [1.82, 2.24) is 15.6 Å². The molecule has 3 heterocycles. The highest BCUT2D eigenvalue weighted by molar-refractivity contribution is 5.82. The van der Waals surface area contributed by atoms with Gasteiger partial charge in [0.15, 0.2) is 18.8 Å². The molecule has 4 nitrogen and oxygen atoms in total. The Morgan fingerprint density at radius 2 is 2.30 bits per heavy atom. The predicted octanol–water partition coefficient (Wildman–Crippen LogP) is 2.11. The largest absolute Gasteiger partial charge is 0.388 e. The minimum atomic E-state index is 0.954. The first kappa shape index (κ1) is 15.9. The molecule has 0 aliphatic carbocycles. The van der Waals surface area contributed by atoms with E-state index in [0.29, 0.717) is 0 Å². The molecule has 23 heavy (non-hydrogen) atoms. The molecular formula is C19H27N4+. The zero-order valence-electron chi connectivity index (χ0n) is 14.3. The van der Waals surface area contributed by atoms with E-state index in [1.807, 2.05) is 7.05 Å². The summed E-state index contributed by atoms with van der Waals surface area (Å²) in [7, 11) is 1.91. The maximum atomic E-state index is 4.93. The molecule has 0 bridgehead atoms. The van der Waals surface area contributed by atoms with Crippen LogP contribution in [0.2, 0.25) is 0 Å². The summed E-state index contributed by atoms with van der Waals surface area (Å²) in [6.07, 6.45) is 5.27. The Labute approximate surface area is 139 Å². The van der Waals surface area contributed by atoms with Crippen LogP contribution in [-0.2, 0) is 13.0 Å². The van der Waals surface area contributed by atoms with Gasteiger partial charge in [-0.15, -0.1) is 0 Å². The number of allylic oxidation sites excluding steroid dienone is 1. The number of aryl methyl sites for hydroxylation is 1. The van der Waals surface area contributed by atoms with E-state index in [4.69, 9.17) is 4.98 Å². The molecule has 2 aliphatic heterocycles. The number of aromatic nitrogens is 1. The first-order valence-corrected chi connectivity index (χ1v) is 8.58. The van der Waals surface area contributed by atoms with Crippen LogP contribution in [0.1, 0.15) is 36.7 Å². The number of hydrogen-bond acceptors (Lipinski definition) is 3. The molecule has 0 aromatic carbocycles. The van der Waals surface area contributed by atoms with Gasteiger partial charge in [0.2, 0.25) is 0 Å². The summed E-state index contributed by atoms with van der Waals surface area (Å²) in [5.74, 6) is 0. The average molecular weight is 311 g/mol. The van der Waals surface area contributed by atoms with E-state index < -0.39 is 0 Å². The lowest BCUT2D eigenvalue weighted by Crippen LogP contribution is -2.40. The van der Waals surface area contributed by atoms with E-state index in [1.54, 1.807) is 0 Å². The molecule has 4 heteroatoms. The molecule has 3 rings (SSSR count). The van der Waals surface area contributed by atoms with Gasteiger partial charge < -0.3 is 10.6 Å². The topological polar surface area (TPSA) is 40.0 Å². The van der Waals surface area contributed by atoms with Gasteiger partial charge in [-0.05, 0) is 36.6 Å². The third-order valence-electron chi connectivity index (χ3n) is 4.83. The monoisotopic (exact) mass is 311 g/mol. The average Bonchev–Trinajstić information content (AvgIpc) is 2.77. The third kappa shape index (κ3) is 3.53. The lowest BCUT2D eigenvalue weighted by molar-refractivity contribution is -0.546. The van der Waals surface area contributed by atoms with Crippen molar-refractivity contribution in [2.75, 3.05) is 26.7 Å². The van der Waals surface area contributed by atoms with Crippen molar-refractivity contribution in [3.8, 4) is 0 Å². The van der Waals surface area contributed by atoms with Crippen LogP contribution in [0.25, 0.3) is 6.08 Å². The Morgan fingerprint density at radius 3 is 3.09 bits per heavy atom.